The molecule has 6 heteroatoms. The van der Waals surface area contributed by atoms with Gasteiger partial charge in [-0.15, -0.1) is 0 Å². The SMILES string of the molecule is Cc1cc(C(=O)N2CCOC[C@H]2C(=O)O)ccc1F. The molecule has 5 nitrogen and oxygen atoms in total. The number of carbonyl (C=O) groups excluding carboxylic acids is 1. The summed E-state index contributed by atoms with van der Waals surface area (Å²) in [6.07, 6.45) is 0. The largest absolute Gasteiger partial charge is 0.480 e. The van der Waals surface area contributed by atoms with E-state index in [0.29, 0.717) is 12.2 Å². The molecule has 1 aromatic rings. The van der Waals surface area contributed by atoms with Gasteiger partial charge in [-0.25, -0.2) is 9.18 Å². The quantitative estimate of drug-likeness (QED) is 0.870. The lowest BCUT2D eigenvalue weighted by Crippen LogP contribution is -2.52. The van der Waals surface area contributed by atoms with E-state index < -0.39 is 23.7 Å². The second-order valence-electron chi connectivity index (χ2n) is 4.39. The molecule has 1 atom stereocenters. The molecule has 2 rings (SSSR count). The smallest absolute Gasteiger partial charge is 0.328 e. The summed E-state index contributed by atoms with van der Waals surface area (Å²) in [4.78, 5) is 24.6. The highest BCUT2D eigenvalue weighted by Crippen LogP contribution is 2.15. The highest BCUT2D eigenvalue weighted by molar-refractivity contribution is 5.96. The Labute approximate surface area is 109 Å². The van der Waals surface area contributed by atoms with Crippen LogP contribution in [-0.2, 0) is 9.53 Å². The maximum atomic E-state index is 13.2. The fourth-order valence-electron chi connectivity index (χ4n) is 1.99. The topological polar surface area (TPSA) is 66.8 Å². The number of halogens is 1. The van der Waals surface area contributed by atoms with Gasteiger partial charge in [0.15, 0.2) is 6.04 Å². The monoisotopic (exact) mass is 267 g/mol. The summed E-state index contributed by atoms with van der Waals surface area (Å²) < 4.78 is 18.2. The maximum Gasteiger partial charge on any atom is 0.328 e. The Morgan fingerprint density at radius 2 is 2.21 bits per heavy atom. The highest BCUT2D eigenvalue weighted by atomic mass is 19.1. The van der Waals surface area contributed by atoms with Gasteiger partial charge in [-0.2, -0.15) is 0 Å². The molecule has 0 unspecified atom stereocenters. The van der Waals surface area contributed by atoms with E-state index in [1.807, 2.05) is 0 Å². The van der Waals surface area contributed by atoms with Crippen molar-refractivity contribution in [1.29, 1.82) is 0 Å². The molecule has 1 amide bonds. The molecule has 1 N–H and O–H groups in total. The van der Waals surface area contributed by atoms with E-state index in [1.165, 1.54) is 23.1 Å². The first kappa shape index (κ1) is 13.5. The summed E-state index contributed by atoms with van der Waals surface area (Å²) in [7, 11) is 0. The second kappa shape index (κ2) is 5.36. The van der Waals surface area contributed by atoms with Gasteiger partial charge in [0, 0.05) is 12.1 Å². The van der Waals surface area contributed by atoms with E-state index in [1.54, 1.807) is 6.92 Å². The normalized spacial score (nSPS) is 19.3. The van der Waals surface area contributed by atoms with Crippen LogP contribution in [-0.4, -0.2) is 47.7 Å². The Morgan fingerprint density at radius 3 is 2.84 bits per heavy atom. The van der Waals surface area contributed by atoms with Gasteiger partial charge in [-0.05, 0) is 30.7 Å². The van der Waals surface area contributed by atoms with Crippen LogP contribution >= 0.6 is 0 Å². The molecular formula is C13H14FNO4. The van der Waals surface area contributed by atoms with Crippen molar-refractivity contribution in [3.8, 4) is 0 Å². The predicted molar refractivity (Wildman–Crippen MR) is 64.4 cm³/mol. The van der Waals surface area contributed by atoms with Crippen LogP contribution in [0.4, 0.5) is 4.39 Å². The van der Waals surface area contributed by atoms with Gasteiger partial charge < -0.3 is 14.7 Å². The molecule has 1 aromatic carbocycles. The minimum Gasteiger partial charge on any atom is -0.480 e. The lowest BCUT2D eigenvalue weighted by molar-refractivity contribution is -0.147. The van der Waals surface area contributed by atoms with Crippen molar-refractivity contribution in [2.75, 3.05) is 19.8 Å². The summed E-state index contributed by atoms with van der Waals surface area (Å²) in [5.41, 5.74) is 0.637. The minimum absolute atomic E-state index is 0.0265. The van der Waals surface area contributed by atoms with Gasteiger partial charge in [-0.1, -0.05) is 0 Å². The number of carbonyl (C=O) groups is 2. The molecule has 19 heavy (non-hydrogen) atoms. The summed E-state index contributed by atoms with van der Waals surface area (Å²) in [5, 5.41) is 9.07. The molecule has 0 bridgehead atoms. The molecule has 1 aliphatic rings. The molecule has 1 heterocycles. The molecule has 1 fully saturated rings. The van der Waals surface area contributed by atoms with Crippen LogP contribution in [0.25, 0.3) is 0 Å². The highest BCUT2D eigenvalue weighted by Gasteiger charge is 2.33. The Hall–Kier alpha value is -1.95. The van der Waals surface area contributed by atoms with E-state index in [-0.39, 0.29) is 18.7 Å². The molecule has 1 aliphatic heterocycles. The van der Waals surface area contributed by atoms with Crippen LogP contribution in [0.5, 0.6) is 0 Å². The number of aliphatic carboxylic acids is 1. The predicted octanol–water partition coefficient (Wildman–Crippen LogP) is 1.06. The number of rotatable bonds is 2. The van der Waals surface area contributed by atoms with Gasteiger partial charge in [0.1, 0.15) is 5.82 Å². The third kappa shape index (κ3) is 2.73. The molecule has 0 spiro atoms. The van der Waals surface area contributed by atoms with E-state index in [9.17, 15) is 14.0 Å². The first-order valence-electron chi connectivity index (χ1n) is 5.88. The summed E-state index contributed by atoms with van der Waals surface area (Å²) in [6, 6.07) is 3.00. The average molecular weight is 267 g/mol. The Balaban J connectivity index is 2.26. The Bertz CT molecular complexity index is 517. The summed E-state index contributed by atoms with van der Waals surface area (Å²) in [5.74, 6) is -1.92. The lowest BCUT2D eigenvalue weighted by atomic mass is 10.1. The molecular weight excluding hydrogens is 253 g/mol. The molecule has 0 aliphatic carbocycles. The van der Waals surface area contributed by atoms with Crippen LogP contribution in [0.1, 0.15) is 15.9 Å². The van der Waals surface area contributed by atoms with Crippen LogP contribution in [0.2, 0.25) is 0 Å². The van der Waals surface area contributed by atoms with Crippen molar-refractivity contribution in [3.63, 3.8) is 0 Å². The molecule has 0 saturated carbocycles. The maximum absolute atomic E-state index is 13.2. The van der Waals surface area contributed by atoms with Gasteiger partial charge in [0.05, 0.1) is 13.2 Å². The molecule has 1 saturated heterocycles. The number of hydrogen-bond acceptors (Lipinski definition) is 3. The number of carboxylic acids is 1. The van der Waals surface area contributed by atoms with Gasteiger partial charge >= 0.3 is 5.97 Å². The Kier molecular flexibility index (Phi) is 3.80. The number of aryl methyl sites for hydroxylation is 1. The van der Waals surface area contributed by atoms with E-state index in [4.69, 9.17) is 9.84 Å². The van der Waals surface area contributed by atoms with Crippen molar-refractivity contribution in [1.82, 2.24) is 4.90 Å². The average Bonchev–Trinajstić information content (AvgIpc) is 2.41. The van der Waals surface area contributed by atoms with E-state index in [2.05, 4.69) is 0 Å². The van der Waals surface area contributed by atoms with Crippen LogP contribution in [0, 0.1) is 12.7 Å². The van der Waals surface area contributed by atoms with E-state index in [0.717, 1.165) is 0 Å². The van der Waals surface area contributed by atoms with Crippen LogP contribution < -0.4 is 0 Å². The number of morpholine rings is 1. The van der Waals surface area contributed by atoms with Crippen molar-refractivity contribution in [2.45, 2.75) is 13.0 Å². The van der Waals surface area contributed by atoms with Crippen molar-refractivity contribution in [2.24, 2.45) is 0 Å². The zero-order chi connectivity index (χ0) is 14.0. The van der Waals surface area contributed by atoms with Gasteiger partial charge in [0.2, 0.25) is 0 Å². The summed E-state index contributed by atoms with van der Waals surface area (Å²) in [6.45, 7) is 2.04. The second-order valence-corrected chi connectivity index (χ2v) is 4.39. The molecule has 0 aromatic heterocycles. The Morgan fingerprint density at radius 1 is 1.47 bits per heavy atom. The number of ether oxygens (including phenoxy) is 1. The lowest BCUT2D eigenvalue weighted by Gasteiger charge is -2.32. The number of nitrogens with zero attached hydrogens (tertiary/aromatic N) is 1. The van der Waals surface area contributed by atoms with Crippen LogP contribution in [0.15, 0.2) is 18.2 Å². The fraction of sp³-hybridized carbons (Fsp3) is 0.385. The zero-order valence-electron chi connectivity index (χ0n) is 10.4. The fourth-order valence-corrected chi connectivity index (χ4v) is 1.99. The van der Waals surface area contributed by atoms with E-state index >= 15 is 0 Å². The van der Waals surface area contributed by atoms with Gasteiger partial charge in [-0.3, -0.25) is 4.79 Å². The zero-order valence-corrected chi connectivity index (χ0v) is 10.4. The van der Waals surface area contributed by atoms with Crippen molar-refractivity contribution >= 4 is 11.9 Å². The first-order chi connectivity index (χ1) is 9.00. The number of hydrogen-bond donors (Lipinski definition) is 1. The minimum atomic E-state index is -1.10. The standard InChI is InChI=1S/C13H14FNO4/c1-8-6-9(2-3-10(8)14)12(16)15-4-5-19-7-11(15)13(17)18/h2-3,6,11H,4-5,7H2,1H3,(H,17,18)/t11-/m0/s1. The first-order valence-corrected chi connectivity index (χ1v) is 5.88. The van der Waals surface area contributed by atoms with Gasteiger partial charge in [0.25, 0.3) is 5.91 Å². The molecule has 102 valence electrons. The van der Waals surface area contributed by atoms with Crippen LogP contribution in [0.3, 0.4) is 0 Å². The summed E-state index contributed by atoms with van der Waals surface area (Å²) >= 11 is 0. The number of carboxylic acid groups (broad SMARTS) is 1. The van der Waals surface area contributed by atoms with Crippen molar-refractivity contribution < 1.29 is 23.8 Å². The third-order valence-corrected chi connectivity index (χ3v) is 3.08. The number of amides is 1. The third-order valence-electron chi connectivity index (χ3n) is 3.08. The number of benzene rings is 1. The molecule has 0 radical (unpaired) electrons. The van der Waals surface area contributed by atoms with Crippen molar-refractivity contribution in [3.05, 3.63) is 35.1 Å².